The molecule has 1 rings (SSSR count). The average molecular weight is 215 g/mol. The van der Waals surface area contributed by atoms with E-state index in [0.717, 1.165) is 25.5 Å². The van der Waals surface area contributed by atoms with Crippen LogP contribution >= 0.6 is 0 Å². The van der Waals surface area contributed by atoms with Gasteiger partial charge in [0.25, 0.3) is 0 Å². The Morgan fingerprint density at radius 3 is 2.80 bits per heavy atom. The van der Waals surface area contributed by atoms with Crippen LogP contribution in [0.2, 0.25) is 0 Å². The largest absolute Gasteiger partial charge is 0.395 e. The minimum absolute atomic E-state index is 0.117. The number of hydrogen-bond donors (Lipinski definition) is 2. The van der Waals surface area contributed by atoms with Gasteiger partial charge in [-0.2, -0.15) is 0 Å². The Hall–Kier alpha value is -0.120. The number of hydrogen-bond acceptors (Lipinski definition) is 3. The molecule has 0 aliphatic heterocycles. The molecule has 15 heavy (non-hydrogen) atoms. The molecular weight excluding hydrogens is 190 g/mol. The van der Waals surface area contributed by atoms with Gasteiger partial charge in [-0.25, -0.2) is 0 Å². The van der Waals surface area contributed by atoms with Crippen molar-refractivity contribution in [1.82, 2.24) is 5.32 Å². The highest BCUT2D eigenvalue weighted by molar-refractivity contribution is 4.69. The molecule has 0 aromatic carbocycles. The van der Waals surface area contributed by atoms with E-state index in [4.69, 9.17) is 9.84 Å². The van der Waals surface area contributed by atoms with Crippen LogP contribution < -0.4 is 5.32 Å². The van der Waals surface area contributed by atoms with Gasteiger partial charge >= 0.3 is 0 Å². The fourth-order valence-electron chi connectivity index (χ4n) is 1.78. The lowest BCUT2D eigenvalue weighted by atomic mass is 9.83. The van der Waals surface area contributed by atoms with Crippen LogP contribution in [0.1, 0.15) is 39.0 Å². The van der Waals surface area contributed by atoms with Crippen molar-refractivity contribution >= 4 is 0 Å². The highest BCUT2D eigenvalue weighted by Crippen LogP contribution is 2.28. The van der Waals surface area contributed by atoms with E-state index in [2.05, 4.69) is 12.2 Å². The van der Waals surface area contributed by atoms with Crippen LogP contribution in [0, 0.1) is 5.92 Å². The number of rotatable bonds is 9. The molecule has 1 atom stereocenters. The van der Waals surface area contributed by atoms with Gasteiger partial charge in [0.05, 0.1) is 19.3 Å². The van der Waals surface area contributed by atoms with E-state index in [-0.39, 0.29) is 12.6 Å². The van der Waals surface area contributed by atoms with Gasteiger partial charge in [-0.1, -0.05) is 26.2 Å². The Labute approximate surface area is 93.2 Å². The van der Waals surface area contributed by atoms with Crippen molar-refractivity contribution in [3.8, 4) is 0 Å². The molecule has 3 heteroatoms. The molecule has 0 radical (unpaired) electrons. The summed E-state index contributed by atoms with van der Waals surface area (Å²) < 4.78 is 5.57. The molecule has 1 unspecified atom stereocenters. The number of nitrogens with one attached hydrogen (secondary N) is 1. The topological polar surface area (TPSA) is 41.5 Å². The molecule has 1 aliphatic carbocycles. The van der Waals surface area contributed by atoms with Crippen molar-refractivity contribution in [2.75, 3.05) is 26.4 Å². The van der Waals surface area contributed by atoms with E-state index in [1.165, 1.54) is 25.7 Å². The Morgan fingerprint density at radius 1 is 1.47 bits per heavy atom. The minimum Gasteiger partial charge on any atom is -0.395 e. The second kappa shape index (κ2) is 8.08. The normalized spacial score (nSPS) is 18.8. The minimum atomic E-state index is 0.117. The van der Waals surface area contributed by atoms with Gasteiger partial charge in [0.2, 0.25) is 0 Å². The lowest BCUT2D eigenvalue weighted by molar-refractivity contribution is 0.0724. The standard InChI is InChI=1S/C12H25NO2/c1-2-7-13-12(9-14)10-15-8-6-11-4-3-5-11/h11-14H,2-10H2,1H3. The highest BCUT2D eigenvalue weighted by atomic mass is 16.5. The number of aliphatic hydroxyl groups excluding tert-OH is 1. The number of ether oxygens (including phenoxy) is 1. The monoisotopic (exact) mass is 215 g/mol. The molecule has 1 saturated carbocycles. The molecule has 2 N–H and O–H groups in total. The SMILES string of the molecule is CCCNC(CO)COCCC1CCC1. The second-order valence-corrected chi connectivity index (χ2v) is 4.49. The van der Waals surface area contributed by atoms with E-state index in [1.54, 1.807) is 0 Å². The van der Waals surface area contributed by atoms with Gasteiger partial charge in [0.15, 0.2) is 0 Å². The Bertz CT molecular complexity index is 149. The van der Waals surface area contributed by atoms with Crippen molar-refractivity contribution in [1.29, 1.82) is 0 Å². The third-order valence-corrected chi connectivity index (χ3v) is 3.12. The fourth-order valence-corrected chi connectivity index (χ4v) is 1.78. The zero-order valence-electron chi connectivity index (χ0n) is 9.87. The van der Waals surface area contributed by atoms with Gasteiger partial charge < -0.3 is 15.2 Å². The molecule has 1 aliphatic rings. The fraction of sp³-hybridized carbons (Fsp3) is 1.00. The lowest BCUT2D eigenvalue weighted by Crippen LogP contribution is -2.37. The molecule has 90 valence electrons. The molecule has 0 amide bonds. The average Bonchev–Trinajstić information content (AvgIpc) is 2.19. The van der Waals surface area contributed by atoms with Crippen LogP contribution in [-0.2, 0) is 4.74 Å². The maximum absolute atomic E-state index is 9.08. The Kier molecular flexibility index (Phi) is 6.98. The molecule has 0 aromatic heterocycles. The summed E-state index contributed by atoms with van der Waals surface area (Å²) in [5.41, 5.74) is 0. The summed E-state index contributed by atoms with van der Waals surface area (Å²) in [6.07, 6.45) is 6.48. The summed E-state index contributed by atoms with van der Waals surface area (Å²) >= 11 is 0. The van der Waals surface area contributed by atoms with E-state index < -0.39 is 0 Å². The molecule has 3 nitrogen and oxygen atoms in total. The Morgan fingerprint density at radius 2 is 2.27 bits per heavy atom. The maximum Gasteiger partial charge on any atom is 0.0642 e. The van der Waals surface area contributed by atoms with Crippen LogP contribution in [-0.4, -0.2) is 37.5 Å². The van der Waals surface area contributed by atoms with E-state index in [9.17, 15) is 0 Å². The smallest absolute Gasteiger partial charge is 0.0642 e. The summed E-state index contributed by atoms with van der Waals surface area (Å²) in [6.45, 7) is 4.75. The first-order valence-electron chi connectivity index (χ1n) is 6.28. The van der Waals surface area contributed by atoms with Crippen molar-refractivity contribution in [2.45, 2.75) is 45.1 Å². The maximum atomic E-state index is 9.08. The molecule has 0 spiro atoms. The Balaban J connectivity index is 1.90. The molecule has 0 bridgehead atoms. The summed E-state index contributed by atoms with van der Waals surface area (Å²) in [6, 6.07) is 0.117. The summed E-state index contributed by atoms with van der Waals surface area (Å²) in [5, 5.41) is 12.3. The van der Waals surface area contributed by atoms with Crippen molar-refractivity contribution in [2.24, 2.45) is 5.92 Å². The zero-order chi connectivity index (χ0) is 10.9. The summed E-state index contributed by atoms with van der Waals surface area (Å²) in [4.78, 5) is 0. The zero-order valence-corrected chi connectivity index (χ0v) is 9.87. The molecule has 0 heterocycles. The highest BCUT2D eigenvalue weighted by Gasteiger charge is 2.16. The van der Waals surface area contributed by atoms with Gasteiger partial charge in [0, 0.05) is 6.61 Å². The first kappa shape index (κ1) is 12.9. The first-order valence-corrected chi connectivity index (χ1v) is 6.28. The summed E-state index contributed by atoms with van der Waals surface area (Å²) in [5.74, 6) is 0.918. The van der Waals surface area contributed by atoms with Crippen molar-refractivity contribution < 1.29 is 9.84 Å². The molecule has 0 aromatic rings. The molecule has 1 fully saturated rings. The number of aliphatic hydroxyl groups is 1. The summed E-state index contributed by atoms with van der Waals surface area (Å²) in [7, 11) is 0. The van der Waals surface area contributed by atoms with Crippen molar-refractivity contribution in [3.63, 3.8) is 0 Å². The third kappa shape index (κ3) is 5.50. The predicted molar refractivity (Wildman–Crippen MR) is 61.9 cm³/mol. The van der Waals surface area contributed by atoms with E-state index in [0.29, 0.717) is 6.61 Å². The van der Waals surface area contributed by atoms with Gasteiger partial charge in [-0.15, -0.1) is 0 Å². The third-order valence-electron chi connectivity index (χ3n) is 3.12. The lowest BCUT2D eigenvalue weighted by Gasteiger charge is -2.25. The van der Waals surface area contributed by atoms with Crippen molar-refractivity contribution in [3.05, 3.63) is 0 Å². The second-order valence-electron chi connectivity index (χ2n) is 4.49. The van der Waals surface area contributed by atoms with Crippen LogP contribution in [0.5, 0.6) is 0 Å². The molecule has 0 saturated heterocycles. The molecular formula is C12H25NO2. The predicted octanol–water partition coefficient (Wildman–Crippen LogP) is 1.55. The van der Waals surface area contributed by atoms with Crippen LogP contribution in [0.15, 0.2) is 0 Å². The first-order chi connectivity index (χ1) is 7.36. The van der Waals surface area contributed by atoms with E-state index >= 15 is 0 Å². The van der Waals surface area contributed by atoms with Gasteiger partial charge in [-0.05, 0) is 25.3 Å². The van der Waals surface area contributed by atoms with E-state index in [1.807, 2.05) is 0 Å². The van der Waals surface area contributed by atoms with Crippen LogP contribution in [0.3, 0.4) is 0 Å². The van der Waals surface area contributed by atoms with Gasteiger partial charge in [-0.3, -0.25) is 0 Å². The van der Waals surface area contributed by atoms with Gasteiger partial charge in [0.1, 0.15) is 0 Å². The van der Waals surface area contributed by atoms with Crippen LogP contribution in [0.25, 0.3) is 0 Å². The van der Waals surface area contributed by atoms with Crippen LogP contribution in [0.4, 0.5) is 0 Å². The quantitative estimate of drug-likeness (QED) is 0.573.